The molecule has 1 fully saturated rings. The molecule has 0 bridgehead atoms. The summed E-state index contributed by atoms with van der Waals surface area (Å²) < 4.78 is 106. The Kier molecular flexibility index (Phi) is 19.5. The van der Waals surface area contributed by atoms with Crippen LogP contribution < -0.4 is 31.4 Å². The summed E-state index contributed by atoms with van der Waals surface area (Å²) in [6, 6.07) is 9.60. The number of nitrogen functional groups attached to an aromatic ring is 1. The fourth-order valence-electron chi connectivity index (χ4n) is 7.60. The third-order valence-corrected chi connectivity index (χ3v) is 13.9. The Bertz CT molecular complexity index is 2890. The lowest BCUT2D eigenvalue weighted by atomic mass is 9.89. The summed E-state index contributed by atoms with van der Waals surface area (Å²) in [7, 11) is -14.9. The summed E-state index contributed by atoms with van der Waals surface area (Å²) in [6.45, 7) is 12.1. The molecule has 22 nitrogen and oxygen atoms in total. The molecular formula is C43H58N6O16S3. The fraction of sp³-hybridized carbons (Fsp3) is 0.442. The Labute approximate surface area is 394 Å². The number of sulfonamides is 1. The molecule has 2 aromatic carbocycles. The third kappa shape index (κ3) is 14.1. The zero-order valence-electron chi connectivity index (χ0n) is 37.4. The van der Waals surface area contributed by atoms with E-state index in [1.54, 1.807) is 4.90 Å². The van der Waals surface area contributed by atoms with Gasteiger partial charge in [0.15, 0.2) is 16.2 Å². The van der Waals surface area contributed by atoms with Crippen LogP contribution in [0.1, 0.15) is 108 Å². The van der Waals surface area contributed by atoms with Crippen molar-refractivity contribution in [3.05, 3.63) is 58.9 Å². The van der Waals surface area contributed by atoms with Gasteiger partial charge in [0, 0.05) is 66.2 Å². The number of rotatable bonds is 20. The maximum absolute atomic E-state index is 13.6. The standard InChI is InChI=1S/C34H35N5O16S3.C8H19N.CH4/c35-23-10-8-20-28(21-9-11-24(36)32(58(51,52)53)30(21)54-29(20)31(23)57(49,50)38-15-4-16-56(46,47)48)19-7-6-18(17-22(19)34(44)45)33(43)37-14-3-1-2-5-27(42)55-39-25(40)12-13-26(39)41;1-6-9(7(2)3)8(4)5;/h6-11,17,36,38H,1-5,12-16,35H2,(H,37,43)(H,44,45)(H,46,47,48)(H,51,52,53);7-8H,6H2,1-5H3;1H4. The zero-order valence-corrected chi connectivity index (χ0v) is 39.8. The highest BCUT2D eigenvalue weighted by Crippen LogP contribution is 2.45. The molecule has 0 unspecified atom stereocenters. The van der Waals surface area contributed by atoms with E-state index in [0.717, 1.165) is 30.3 Å². The van der Waals surface area contributed by atoms with Gasteiger partial charge in [-0.2, -0.15) is 0 Å². The first-order valence-electron chi connectivity index (χ1n) is 21.1. The summed E-state index contributed by atoms with van der Waals surface area (Å²) in [5.74, 6) is -5.96. The lowest BCUT2D eigenvalue weighted by molar-refractivity contribution is -0.940. The molecule has 3 amide bonds. The second-order valence-electron chi connectivity index (χ2n) is 16.1. The molecule has 25 heteroatoms. The van der Waals surface area contributed by atoms with Crippen molar-refractivity contribution in [2.75, 3.05) is 31.1 Å². The van der Waals surface area contributed by atoms with Crippen molar-refractivity contribution in [3.63, 3.8) is 0 Å². The van der Waals surface area contributed by atoms with Gasteiger partial charge in [0.05, 0.1) is 40.0 Å². The third-order valence-electron chi connectivity index (χ3n) is 10.6. The molecule has 2 aliphatic heterocycles. The second-order valence-corrected chi connectivity index (χ2v) is 20.6. The van der Waals surface area contributed by atoms with Crippen LogP contribution in [0.15, 0.2) is 56.7 Å². The summed E-state index contributed by atoms with van der Waals surface area (Å²) in [6.07, 6.45) is 0.443. The van der Waals surface area contributed by atoms with E-state index in [9.17, 15) is 63.4 Å². The Morgan fingerprint density at radius 3 is 2.04 bits per heavy atom. The molecule has 0 spiro atoms. The Hall–Kier alpha value is -5.83. The van der Waals surface area contributed by atoms with Crippen LogP contribution in [0.3, 0.4) is 0 Å². The molecule has 1 saturated heterocycles. The first-order valence-corrected chi connectivity index (χ1v) is 25.5. The topological polar surface area (TPSA) is 360 Å². The van der Waals surface area contributed by atoms with Gasteiger partial charge in [-0.3, -0.25) is 19.8 Å². The zero-order chi connectivity index (χ0) is 50.2. The molecule has 68 heavy (non-hydrogen) atoms. The van der Waals surface area contributed by atoms with Crippen molar-refractivity contribution in [1.82, 2.24) is 15.1 Å². The Balaban J connectivity index is 0.00000111. The molecule has 5 rings (SSSR count). The van der Waals surface area contributed by atoms with Crippen LogP contribution in [0.5, 0.6) is 0 Å². The second kappa shape index (κ2) is 23.5. The number of amides is 3. The van der Waals surface area contributed by atoms with E-state index in [4.69, 9.17) is 20.4 Å². The summed E-state index contributed by atoms with van der Waals surface area (Å²) in [5, 5.41) is 18.5. The Morgan fingerprint density at radius 1 is 0.882 bits per heavy atom. The van der Waals surface area contributed by atoms with Crippen molar-refractivity contribution in [3.8, 4) is 22.5 Å². The molecule has 3 aliphatic rings. The SMILES string of the molecule is C.CC[NH+](C(C)C)C(C)C.Nc1ccc2c(-c3ccc(C(=O)NCCCCCC(=O)ON4C(=O)CCC4=O)cc3C(=O)O)c3ccc(=[NH2+])c(S(=O)(=O)[O-])c-3oc2c1S(=O)(=O)NCCCS(=O)(=O)[O-]. The summed E-state index contributed by atoms with van der Waals surface area (Å²) >= 11 is 0. The number of nitrogens with zero attached hydrogens (tertiary/aromatic N) is 1. The number of carbonyl (C=O) groups excluding carboxylic acids is 4. The minimum atomic E-state index is -5.46. The average molecular weight is 1010 g/mol. The number of carbonyl (C=O) groups is 5. The predicted octanol–water partition coefficient (Wildman–Crippen LogP) is 0.504. The number of aromatic carboxylic acids is 1. The van der Waals surface area contributed by atoms with E-state index >= 15 is 0 Å². The molecule has 0 aromatic heterocycles. The lowest BCUT2D eigenvalue weighted by Crippen LogP contribution is -3.17. The number of imide groups is 1. The average Bonchev–Trinajstić information content (AvgIpc) is 3.53. The van der Waals surface area contributed by atoms with Gasteiger partial charge in [-0.05, 0) is 89.8 Å². The molecule has 2 aromatic rings. The van der Waals surface area contributed by atoms with E-state index in [1.165, 1.54) is 30.8 Å². The van der Waals surface area contributed by atoms with Crippen LogP contribution in [-0.2, 0) is 49.5 Å². The van der Waals surface area contributed by atoms with E-state index < -0.39 is 116 Å². The quantitative estimate of drug-likeness (QED) is 0.0231. The molecule has 0 radical (unpaired) electrons. The van der Waals surface area contributed by atoms with Gasteiger partial charge in [0.1, 0.15) is 15.0 Å². The maximum atomic E-state index is 13.6. The number of benzene rings is 3. The number of anilines is 1. The van der Waals surface area contributed by atoms with Crippen LogP contribution >= 0.6 is 0 Å². The summed E-state index contributed by atoms with van der Waals surface area (Å²) in [5.41, 5.74) is 3.70. The fourth-order valence-corrected chi connectivity index (χ4v) is 10.2. The molecule has 2 heterocycles. The number of fused-ring (bicyclic) bond motifs is 2. The van der Waals surface area contributed by atoms with Crippen molar-refractivity contribution >= 4 is 76.6 Å². The van der Waals surface area contributed by atoms with Gasteiger partial charge in [-0.1, -0.05) is 19.9 Å². The van der Waals surface area contributed by atoms with Gasteiger partial charge >= 0.3 is 11.9 Å². The molecule has 374 valence electrons. The normalized spacial score (nSPS) is 13.2. The number of quaternary nitrogens is 1. The van der Waals surface area contributed by atoms with E-state index in [2.05, 4.69) is 44.7 Å². The van der Waals surface area contributed by atoms with Crippen LogP contribution in [-0.4, -0.2) is 112 Å². The van der Waals surface area contributed by atoms with E-state index in [1.807, 2.05) is 0 Å². The highest BCUT2D eigenvalue weighted by atomic mass is 32.2. The predicted molar refractivity (Wildman–Crippen MR) is 244 cm³/mol. The minimum absolute atomic E-state index is 0. The van der Waals surface area contributed by atoms with Crippen LogP contribution in [0.2, 0.25) is 0 Å². The van der Waals surface area contributed by atoms with Crippen molar-refractivity contribution in [2.45, 2.75) is 109 Å². The van der Waals surface area contributed by atoms with Gasteiger partial charge in [0.25, 0.3) is 17.7 Å². The van der Waals surface area contributed by atoms with Crippen molar-refractivity contribution in [2.24, 2.45) is 0 Å². The monoisotopic (exact) mass is 1010 g/mol. The number of nitrogens with one attached hydrogen (secondary N) is 3. The highest BCUT2D eigenvalue weighted by molar-refractivity contribution is 7.90. The number of carboxylic acid groups (broad SMARTS) is 1. The van der Waals surface area contributed by atoms with E-state index in [0.29, 0.717) is 24.3 Å². The molecule has 1 aliphatic carbocycles. The first-order chi connectivity index (χ1) is 31.2. The maximum Gasteiger partial charge on any atom is 0.336 e. The van der Waals surface area contributed by atoms with Gasteiger partial charge in [-0.15, -0.1) is 5.06 Å². The molecule has 0 atom stereocenters. The molecule has 8 N–H and O–H groups in total. The smallest absolute Gasteiger partial charge is 0.336 e. The highest BCUT2D eigenvalue weighted by Gasteiger charge is 2.34. The molecular weight excluding hydrogens is 953 g/mol. The number of nitrogens with two attached hydrogens (primary N) is 2. The van der Waals surface area contributed by atoms with Crippen LogP contribution in [0.25, 0.3) is 33.4 Å². The first kappa shape index (κ1) is 56.5. The number of hydrogen-bond acceptors (Lipinski definition) is 16. The van der Waals surface area contributed by atoms with E-state index in [-0.39, 0.29) is 60.9 Å². The number of hydrogen-bond donors (Lipinski definition) is 6. The number of hydroxylamine groups is 2. The minimum Gasteiger partial charge on any atom is -0.748 e. The number of carboxylic acids is 1. The van der Waals surface area contributed by atoms with Crippen LogP contribution in [0.4, 0.5) is 5.69 Å². The van der Waals surface area contributed by atoms with Crippen LogP contribution in [0, 0.1) is 0 Å². The van der Waals surface area contributed by atoms with Crippen molar-refractivity contribution in [1.29, 1.82) is 0 Å². The largest absolute Gasteiger partial charge is 0.748 e. The number of unbranched alkanes of at least 4 members (excludes halogenated alkanes) is 2. The summed E-state index contributed by atoms with van der Waals surface area (Å²) in [4.78, 5) is 65.7. The lowest BCUT2D eigenvalue weighted by Gasteiger charge is -2.25. The van der Waals surface area contributed by atoms with Gasteiger partial charge in [-0.25, -0.2) is 39.6 Å². The van der Waals surface area contributed by atoms with Crippen molar-refractivity contribution < 1.29 is 83.0 Å². The van der Waals surface area contributed by atoms with Gasteiger partial charge < -0.3 is 39.4 Å². The molecule has 0 saturated carbocycles. The van der Waals surface area contributed by atoms with Gasteiger partial charge in [0.2, 0.25) is 15.4 Å². The Morgan fingerprint density at radius 2 is 1.50 bits per heavy atom.